The summed E-state index contributed by atoms with van der Waals surface area (Å²) in [5.74, 6) is 0. The fourth-order valence-corrected chi connectivity index (χ4v) is 4.26. The van der Waals surface area contributed by atoms with Gasteiger partial charge in [0.2, 0.25) is 0 Å². The number of sulfone groups is 1. The summed E-state index contributed by atoms with van der Waals surface area (Å²) in [5.41, 5.74) is 5.75. The molecule has 0 bridgehead atoms. The van der Waals surface area contributed by atoms with Gasteiger partial charge in [-0.15, -0.1) is 0 Å². The molecule has 1 saturated carbocycles. The van der Waals surface area contributed by atoms with Crippen molar-refractivity contribution >= 4 is 21.0 Å². The predicted octanol–water partition coefficient (Wildman–Crippen LogP) is 4.44. The SMILES string of the molecule is Cc1ccc(C2=CC3(C=C2c2ccc(S(C)(=O)=O)cc2)CCC3)cn1. The van der Waals surface area contributed by atoms with Crippen LogP contribution in [0.3, 0.4) is 0 Å². The highest BCUT2D eigenvalue weighted by atomic mass is 32.2. The van der Waals surface area contributed by atoms with Crippen LogP contribution in [0, 0.1) is 12.3 Å². The van der Waals surface area contributed by atoms with Gasteiger partial charge in [-0.3, -0.25) is 4.98 Å². The van der Waals surface area contributed by atoms with E-state index < -0.39 is 9.84 Å². The predicted molar refractivity (Wildman–Crippen MR) is 101 cm³/mol. The molecule has 0 saturated heterocycles. The molecule has 1 spiro atoms. The van der Waals surface area contributed by atoms with E-state index >= 15 is 0 Å². The van der Waals surface area contributed by atoms with Crippen molar-refractivity contribution in [3.05, 3.63) is 71.6 Å². The first kappa shape index (κ1) is 16.3. The largest absolute Gasteiger partial charge is 0.261 e. The van der Waals surface area contributed by atoms with Crippen LogP contribution >= 0.6 is 0 Å². The molecule has 25 heavy (non-hydrogen) atoms. The molecule has 4 heteroatoms. The van der Waals surface area contributed by atoms with E-state index in [9.17, 15) is 8.42 Å². The Labute approximate surface area is 149 Å². The number of aryl methyl sites for hydroxylation is 1. The number of pyridine rings is 1. The Hall–Kier alpha value is -2.20. The Kier molecular flexibility index (Phi) is 3.69. The van der Waals surface area contributed by atoms with Gasteiger partial charge in [0, 0.05) is 29.1 Å². The first-order chi connectivity index (χ1) is 11.9. The lowest BCUT2D eigenvalue weighted by Crippen LogP contribution is -2.22. The zero-order valence-corrected chi connectivity index (χ0v) is 15.3. The average Bonchev–Trinajstić information content (AvgIpc) is 2.96. The zero-order valence-electron chi connectivity index (χ0n) is 14.5. The molecule has 2 aromatic rings. The van der Waals surface area contributed by atoms with E-state index in [1.54, 1.807) is 12.1 Å². The molecule has 2 aliphatic carbocycles. The maximum atomic E-state index is 11.7. The van der Waals surface area contributed by atoms with E-state index in [0.29, 0.717) is 4.90 Å². The van der Waals surface area contributed by atoms with Crippen LogP contribution in [0.1, 0.15) is 36.1 Å². The molecule has 1 aromatic carbocycles. The molecular formula is C21H21NO2S. The van der Waals surface area contributed by atoms with Gasteiger partial charge in [-0.1, -0.05) is 36.8 Å². The molecule has 0 radical (unpaired) electrons. The molecule has 0 atom stereocenters. The van der Waals surface area contributed by atoms with Crippen molar-refractivity contribution in [2.75, 3.05) is 6.26 Å². The molecule has 0 aliphatic heterocycles. The molecule has 1 fully saturated rings. The van der Waals surface area contributed by atoms with Crippen LogP contribution < -0.4 is 0 Å². The molecule has 0 N–H and O–H groups in total. The number of rotatable bonds is 3. The number of nitrogens with zero attached hydrogens (tertiary/aromatic N) is 1. The first-order valence-electron chi connectivity index (χ1n) is 8.56. The van der Waals surface area contributed by atoms with Crippen LogP contribution in [0.5, 0.6) is 0 Å². The van der Waals surface area contributed by atoms with E-state index in [-0.39, 0.29) is 5.41 Å². The van der Waals surface area contributed by atoms with Crippen LogP contribution in [-0.4, -0.2) is 19.7 Å². The summed E-state index contributed by atoms with van der Waals surface area (Å²) in [7, 11) is -3.17. The fraction of sp³-hybridized carbons (Fsp3) is 0.286. The molecule has 0 unspecified atom stereocenters. The van der Waals surface area contributed by atoms with Crippen molar-refractivity contribution < 1.29 is 8.42 Å². The second-order valence-electron chi connectivity index (χ2n) is 7.19. The van der Waals surface area contributed by atoms with Crippen LogP contribution in [0.15, 0.2) is 59.6 Å². The normalized spacial score (nSPS) is 18.6. The first-order valence-corrected chi connectivity index (χ1v) is 10.5. The summed E-state index contributed by atoms with van der Waals surface area (Å²) in [5, 5.41) is 0. The van der Waals surface area contributed by atoms with Crippen LogP contribution in [0.4, 0.5) is 0 Å². The van der Waals surface area contributed by atoms with Crippen molar-refractivity contribution in [1.82, 2.24) is 4.98 Å². The highest BCUT2D eigenvalue weighted by molar-refractivity contribution is 7.90. The van der Waals surface area contributed by atoms with Crippen molar-refractivity contribution in [3.8, 4) is 0 Å². The van der Waals surface area contributed by atoms with Gasteiger partial charge in [-0.2, -0.15) is 0 Å². The molecule has 1 aromatic heterocycles. The number of hydrogen-bond acceptors (Lipinski definition) is 3. The molecule has 0 amide bonds. The van der Waals surface area contributed by atoms with Gasteiger partial charge < -0.3 is 0 Å². The third-order valence-corrected chi connectivity index (χ3v) is 6.38. The van der Waals surface area contributed by atoms with E-state index in [2.05, 4.69) is 23.2 Å². The Morgan fingerprint density at radius 1 is 0.920 bits per heavy atom. The minimum Gasteiger partial charge on any atom is -0.261 e. The highest BCUT2D eigenvalue weighted by Crippen LogP contribution is 2.53. The second-order valence-corrected chi connectivity index (χ2v) is 9.20. The van der Waals surface area contributed by atoms with Gasteiger partial charge in [0.15, 0.2) is 9.84 Å². The number of benzene rings is 1. The van der Waals surface area contributed by atoms with Crippen molar-refractivity contribution in [3.63, 3.8) is 0 Å². The van der Waals surface area contributed by atoms with E-state index in [0.717, 1.165) is 16.8 Å². The fourth-order valence-electron chi connectivity index (χ4n) is 3.63. The molecule has 2 aliphatic rings. The lowest BCUT2D eigenvalue weighted by molar-refractivity contribution is 0.282. The third-order valence-electron chi connectivity index (χ3n) is 5.25. The van der Waals surface area contributed by atoms with Gasteiger partial charge in [0.25, 0.3) is 0 Å². The average molecular weight is 351 g/mol. The number of hydrogen-bond donors (Lipinski definition) is 0. The van der Waals surface area contributed by atoms with Crippen LogP contribution in [0.25, 0.3) is 11.1 Å². The lowest BCUT2D eigenvalue weighted by Gasteiger charge is -2.34. The van der Waals surface area contributed by atoms with Crippen molar-refractivity contribution in [2.24, 2.45) is 5.41 Å². The Balaban J connectivity index is 1.77. The summed E-state index contributed by atoms with van der Waals surface area (Å²) in [4.78, 5) is 4.80. The summed E-state index contributed by atoms with van der Waals surface area (Å²) in [6.45, 7) is 1.99. The van der Waals surface area contributed by atoms with E-state index in [4.69, 9.17) is 0 Å². The zero-order chi connectivity index (χ0) is 17.7. The monoisotopic (exact) mass is 351 g/mol. The molecule has 128 valence electrons. The minimum atomic E-state index is -3.17. The second kappa shape index (κ2) is 5.67. The Bertz CT molecular complexity index is 977. The van der Waals surface area contributed by atoms with Gasteiger partial charge in [-0.05, 0) is 54.7 Å². The Morgan fingerprint density at radius 2 is 1.52 bits per heavy atom. The standard InChI is InChI=1S/C21H21NO2S/c1-15-4-5-17(14-22-15)20-13-21(10-3-11-21)12-19(20)16-6-8-18(9-7-16)25(2,23)24/h4-9,12-14H,3,10-11H2,1-2H3. The van der Waals surface area contributed by atoms with E-state index in [1.807, 2.05) is 31.3 Å². The smallest absolute Gasteiger partial charge is 0.175 e. The van der Waals surface area contributed by atoms with Gasteiger partial charge in [0.1, 0.15) is 0 Å². The number of aromatic nitrogens is 1. The summed E-state index contributed by atoms with van der Waals surface area (Å²) in [6.07, 6.45) is 11.5. The Morgan fingerprint density at radius 3 is 2.00 bits per heavy atom. The van der Waals surface area contributed by atoms with Crippen LogP contribution in [-0.2, 0) is 9.84 Å². The molecule has 1 heterocycles. The topological polar surface area (TPSA) is 47.0 Å². The van der Waals surface area contributed by atoms with Crippen LogP contribution in [0.2, 0.25) is 0 Å². The maximum absolute atomic E-state index is 11.7. The summed E-state index contributed by atoms with van der Waals surface area (Å²) in [6, 6.07) is 11.4. The highest BCUT2D eigenvalue weighted by Gasteiger charge is 2.38. The molecule has 4 rings (SSSR count). The van der Waals surface area contributed by atoms with Crippen molar-refractivity contribution in [1.29, 1.82) is 0 Å². The van der Waals surface area contributed by atoms with E-state index in [1.165, 1.54) is 36.7 Å². The molecule has 3 nitrogen and oxygen atoms in total. The number of allylic oxidation sites excluding steroid dienone is 4. The minimum absolute atomic E-state index is 0.172. The van der Waals surface area contributed by atoms with Gasteiger partial charge in [-0.25, -0.2) is 8.42 Å². The van der Waals surface area contributed by atoms with Crippen molar-refractivity contribution in [2.45, 2.75) is 31.1 Å². The maximum Gasteiger partial charge on any atom is 0.175 e. The quantitative estimate of drug-likeness (QED) is 0.821. The van der Waals surface area contributed by atoms with Gasteiger partial charge in [0.05, 0.1) is 4.90 Å². The lowest BCUT2D eigenvalue weighted by atomic mass is 9.70. The van der Waals surface area contributed by atoms with Gasteiger partial charge >= 0.3 is 0 Å². The molecular weight excluding hydrogens is 330 g/mol. The third kappa shape index (κ3) is 2.95. The summed E-state index contributed by atoms with van der Waals surface area (Å²) < 4.78 is 23.4. The summed E-state index contributed by atoms with van der Waals surface area (Å²) >= 11 is 0.